The number of carbonyl (C=O) groups excluding carboxylic acids is 2. The molecule has 2 aromatic carbocycles. The number of benzene rings is 2. The van der Waals surface area contributed by atoms with Crippen molar-refractivity contribution in [2.45, 2.75) is 12.6 Å². The molecule has 0 saturated carbocycles. The number of ketones is 1. The van der Waals surface area contributed by atoms with Crippen molar-refractivity contribution in [2.24, 2.45) is 0 Å². The Morgan fingerprint density at radius 3 is 2.45 bits per heavy atom. The normalized spacial score (nSPS) is 11.9. The summed E-state index contributed by atoms with van der Waals surface area (Å²) in [6.45, 7) is -0.0342. The van der Waals surface area contributed by atoms with E-state index in [1.807, 2.05) is 12.1 Å². The van der Waals surface area contributed by atoms with Crippen molar-refractivity contribution in [3.05, 3.63) is 90.0 Å². The van der Waals surface area contributed by atoms with Crippen LogP contribution in [0.25, 0.3) is 11.0 Å². The highest BCUT2D eigenvalue weighted by Gasteiger charge is 2.27. The molecular weight excluding hydrogens is 375 g/mol. The first-order chi connectivity index (χ1) is 14.1. The molecule has 1 atom stereocenters. The fourth-order valence-electron chi connectivity index (χ4n) is 2.87. The number of hydrogen-bond donors (Lipinski definition) is 0. The molecule has 0 spiro atoms. The highest BCUT2D eigenvalue weighted by Crippen LogP contribution is 2.16. The van der Waals surface area contributed by atoms with Crippen molar-refractivity contribution in [3.63, 3.8) is 0 Å². The van der Waals surface area contributed by atoms with Crippen LogP contribution in [0, 0.1) is 5.82 Å². The number of pyridine rings is 1. The summed E-state index contributed by atoms with van der Waals surface area (Å²) < 4.78 is 20.2. The average Bonchev–Trinajstić information content (AvgIpc) is 3.17. The monoisotopic (exact) mass is 390 g/mol. The minimum absolute atomic E-state index is 0.0342. The zero-order valence-corrected chi connectivity index (χ0v) is 15.1. The largest absolute Gasteiger partial charge is 0.448 e. The maximum Gasteiger partial charge on any atom is 0.339 e. The highest BCUT2D eigenvalue weighted by molar-refractivity contribution is 6.01. The summed E-state index contributed by atoms with van der Waals surface area (Å²) in [6.07, 6.45) is 1.74. The number of para-hydroxylation sites is 1. The predicted octanol–water partition coefficient (Wildman–Crippen LogP) is 3.07. The zero-order chi connectivity index (χ0) is 20.2. The van der Waals surface area contributed by atoms with Crippen LogP contribution in [-0.4, -0.2) is 37.8 Å². The van der Waals surface area contributed by atoms with Gasteiger partial charge in [0.2, 0.25) is 5.78 Å². The number of nitrogens with zero attached hydrogens (tertiary/aromatic N) is 4. The second-order valence-corrected chi connectivity index (χ2v) is 6.26. The molecule has 4 aromatic rings. The summed E-state index contributed by atoms with van der Waals surface area (Å²) in [4.78, 5) is 29.4. The Balaban J connectivity index is 1.65. The lowest BCUT2D eigenvalue weighted by atomic mass is 10.1. The smallest absolute Gasteiger partial charge is 0.339 e. The van der Waals surface area contributed by atoms with Crippen molar-refractivity contribution >= 4 is 22.8 Å². The van der Waals surface area contributed by atoms with Crippen LogP contribution < -0.4 is 0 Å². The van der Waals surface area contributed by atoms with Gasteiger partial charge in [-0.15, -0.1) is 5.10 Å². The third-order valence-corrected chi connectivity index (χ3v) is 4.35. The zero-order valence-electron chi connectivity index (χ0n) is 15.1. The fourth-order valence-corrected chi connectivity index (χ4v) is 2.87. The molecule has 0 aliphatic rings. The van der Waals surface area contributed by atoms with Gasteiger partial charge in [-0.1, -0.05) is 17.3 Å². The molecule has 2 heterocycles. The number of rotatable bonds is 6. The lowest BCUT2D eigenvalue weighted by Crippen LogP contribution is -2.32. The minimum Gasteiger partial charge on any atom is -0.448 e. The van der Waals surface area contributed by atoms with Crippen molar-refractivity contribution in [1.82, 2.24) is 20.0 Å². The van der Waals surface area contributed by atoms with Crippen LogP contribution in [0.3, 0.4) is 0 Å². The number of halogens is 1. The van der Waals surface area contributed by atoms with E-state index < -0.39 is 23.7 Å². The summed E-state index contributed by atoms with van der Waals surface area (Å²) in [6, 6.07) is 15.3. The molecule has 0 amide bonds. The number of carbonyl (C=O) groups is 2. The van der Waals surface area contributed by atoms with E-state index >= 15 is 0 Å². The van der Waals surface area contributed by atoms with Gasteiger partial charge < -0.3 is 4.74 Å². The molecule has 0 N–H and O–H groups in total. The van der Waals surface area contributed by atoms with E-state index in [0.717, 1.165) is 0 Å². The van der Waals surface area contributed by atoms with Crippen LogP contribution in [0.15, 0.2) is 73.1 Å². The summed E-state index contributed by atoms with van der Waals surface area (Å²) in [7, 11) is 0. The Labute approximate surface area is 164 Å². The number of Topliss-reactive ketones (excluding diaryl/α,β-unsaturated/α-hetero) is 1. The Kier molecular flexibility index (Phi) is 5.07. The van der Waals surface area contributed by atoms with E-state index in [1.54, 1.807) is 12.1 Å². The summed E-state index contributed by atoms with van der Waals surface area (Å²) in [5.74, 6) is -1.60. The van der Waals surface area contributed by atoms with Crippen molar-refractivity contribution in [3.8, 4) is 0 Å². The van der Waals surface area contributed by atoms with Gasteiger partial charge in [0.15, 0.2) is 6.10 Å². The van der Waals surface area contributed by atoms with Gasteiger partial charge in [-0.3, -0.25) is 9.78 Å². The third-order valence-electron chi connectivity index (χ3n) is 4.35. The molecular formula is C21H15FN4O3. The second-order valence-electron chi connectivity index (χ2n) is 6.26. The molecule has 0 bridgehead atoms. The average molecular weight is 390 g/mol. The van der Waals surface area contributed by atoms with Crippen LogP contribution >= 0.6 is 0 Å². The molecule has 144 valence electrons. The topological polar surface area (TPSA) is 87.0 Å². The van der Waals surface area contributed by atoms with Gasteiger partial charge in [-0.25, -0.2) is 13.9 Å². The van der Waals surface area contributed by atoms with Crippen LogP contribution in [0.1, 0.15) is 20.7 Å². The van der Waals surface area contributed by atoms with Gasteiger partial charge in [0.1, 0.15) is 11.3 Å². The predicted molar refractivity (Wildman–Crippen MR) is 102 cm³/mol. The maximum absolute atomic E-state index is 13.2. The van der Waals surface area contributed by atoms with E-state index in [0.29, 0.717) is 11.0 Å². The van der Waals surface area contributed by atoms with Gasteiger partial charge in [-0.05, 0) is 48.5 Å². The first-order valence-electron chi connectivity index (χ1n) is 8.81. The maximum atomic E-state index is 13.2. The van der Waals surface area contributed by atoms with Gasteiger partial charge >= 0.3 is 5.97 Å². The summed E-state index contributed by atoms with van der Waals surface area (Å²) in [5, 5.41) is 8.11. The standard InChI is InChI=1S/C21H15FN4O3/c22-16-7-5-14(6-8-16)20(27)19(29-21(28)15-9-11-23-12-10-15)13-26-18-4-2-1-3-17(18)24-25-26/h1-12,19H,13H2/t19-/m0/s1. The van der Waals surface area contributed by atoms with E-state index in [-0.39, 0.29) is 17.7 Å². The molecule has 29 heavy (non-hydrogen) atoms. The number of esters is 1. The molecule has 0 fully saturated rings. The molecule has 4 rings (SSSR count). The number of hydrogen-bond acceptors (Lipinski definition) is 6. The quantitative estimate of drug-likeness (QED) is 0.371. The Morgan fingerprint density at radius 2 is 1.69 bits per heavy atom. The molecule has 0 aliphatic carbocycles. The minimum atomic E-state index is -1.17. The third kappa shape index (κ3) is 4.01. The van der Waals surface area contributed by atoms with Gasteiger partial charge in [0.05, 0.1) is 17.6 Å². The molecule has 0 aliphatic heterocycles. The second kappa shape index (κ2) is 7.97. The molecule has 2 aromatic heterocycles. The number of aromatic nitrogens is 4. The SMILES string of the molecule is O=C(O[C@@H](Cn1nnc2ccccc21)C(=O)c1ccc(F)cc1)c1ccncc1. The molecule has 0 radical (unpaired) electrons. The van der Waals surface area contributed by atoms with Crippen LogP contribution in [0.5, 0.6) is 0 Å². The van der Waals surface area contributed by atoms with Crippen molar-refractivity contribution < 1.29 is 18.7 Å². The fraction of sp³-hybridized carbons (Fsp3) is 0.0952. The van der Waals surface area contributed by atoms with Gasteiger partial charge in [0.25, 0.3) is 0 Å². The molecule has 7 nitrogen and oxygen atoms in total. The van der Waals surface area contributed by atoms with E-state index in [2.05, 4.69) is 15.3 Å². The molecule has 8 heteroatoms. The van der Waals surface area contributed by atoms with Crippen molar-refractivity contribution in [2.75, 3.05) is 0 Å². The van der Waals surface area contributed by atoms with Crippen LogP contribution in [-0.2, 0) is 11.3 Å². The lowest BCUT2D eigenvalue weighted by molar-refractivity contribution is 0.0244. The van der Waals surface area contributed by atoms with Crippen molar-refractivity contribution in [1.29, 1.82) is 0 Å². The first kappa shape index (κ1) is 18.4. The summed E-state index contributed by atoms with van der Waals surface area (Å²) in [5.41, 5.74) is 1.84. The summed E-state index contributed by atoms with van der Waals surface area (Å²) >= 11 is 0. The van der Waals surface area contributed by atoms with E-state index in [9.17, 15) is 14.0 Å². The van der Waals surface area contributed by atoms with Crippen LogP contribution in [0.4, 0.5) is 4.39 Å². The molecule has 0 saturated heterocycles. The Hall–Kier alpha value is -3.94. The number of fused-ring (bicyclic) bond motifs is 1. The van der Waals surface area contributed by atoms with Gasteiger partial charge in [-0.2, -0.15) is 0 Å². The Morgan fingerprint density at radius 1 is 0.966 bits per heavy atom. The van der Waals surface area contributed by atoms with Crippen LogP contribution in [0.2, 0.25) is 0 Å². The lowest BCUT2D eigenvalue weighted by Gasteiger charge is -2.17. The molecule has 0 unspecified atom stereocenters. The van der Waals surface area contributed by atoms with E-state index in [1.165, 1.54) is 53.5 Å². The first-order valence-corrected chi connectivity index (χ1v) is 8.81. The van der Waals surface area contributed by atoms with Gasteiger partial charge in [0, 0.05) is 18.0 Å². The Bertz CT molecular complexity index is 1160. The highest BCUT2D eigenvalue weighted by atomic mass is 19.1. The van der Waals surface area contributed by atoms with E-state index in [4.69, 9.17) is 4.74 Å². The number of ether oxygens (including phenoxy) is 1.